The van der Waals surface area contributed by atoms with Crippen LogP contribution in [0, 0.1) is 5.92 Å². The minimum Gasteiger partial charge on any atom is -0.353 e. The van der Waals surface area contributed by atoms with Gasteiger partial charge in [0.25, 0.3) is 0 Å². The van der Waals surface area contributed by atoms with E-state index < -0.39 is 0 Å². The summed E-state index contributed by atoms with van der Waals surface area (Å²) >= 11 is 0. The van der Waals surface area contributed by atoms with Gasteiger partial charge in [-0.1, -0.05) is 26.0 Å². The van der Waals surface area contributed by atoms with Gasteiger partial charge in [-0.05, 0) is 42.6 Å². The van der Waals surface area contributed by atoms with Gasteiger partial charge in [-0.15, -0.1) is 0 Å². The molecule has 1 unspecified atom stereocenters. The second-order valence-corrected chi connectivity index (χ2v) is 8.10. The average molecular weight is 398 g/mol. The van der Waals surface area contributed by atoms with Crippen LogP contribution in [0.15, 0.2) is 42.7 Å². The summed E-state index contributed by atoms with van der Waals surface area (Å²) in [5.41, 5.74) is 1.98. The molecule has 156 valence electrons. The zero-order chi connectivity index (χ0) is 20.8. The van der Waals surface area contributed by atoms with Crippen molar-refractivity contribution in [1.29, 1.82) is 0 Å². The van der Waals surface area contributed by atoms with Crippen molar-refractivity contribution in [3.05, 3.63) is 48.3 Å². The van der Waals surface area contributed by atoms with E-state index in [4.69, 9.17) is 0 Å². The zero-order valence-electron chi connectivity index (χ0n) is 17.5. The molecule has 2 amide bonds. The molecule has 29 heavy (non-hydrogen) atoms. The van der Waals surface area contributed by atoms with E-state index >= 15 is 0 Å². The van der Waals surface area contributed by atoms with Crippen LogP contribution in [0.25, 0.3) is 5.69 Å². The van der Waals surface area contributed by atoms with Crippen LogP contribution in [0.5, 0.6) is 0 Å². The second-order valence-electron chi connectivity index (χ2n) is 8.10. The number of hydrogen-bond donors (Lipinski definition) is 1. The Morgan fingerprint density at radius 3 is 2.90 bits per heavy atom. The third-order valence-corrected chi connectivity index (χ3v) is 5.33. The maximum absolute atomic E-state index is 12.9. The molecule has 0 radical (unpaired) electrons. The summed E-state index contributed by atoms with van der Waals surface area (Å²) in [5, 5.41) is 7.16. The van der Waals surface area contributed by atoms with Crippen LogP contribution in [0.4, 0.5) is 0 Å². The fourth-order valence-electron chi connectivity index (χ4n) is 3.58. The number of rotatable bonds is 8. The van der Waals surface area contributed by atoms with E-state index in [9.17, 15) is 9.59 Å². The maximum Gasteiger partial charge on any atom is 0.237 e. The van der Waals surface area contributed by atoms with E-state index in [1.807, 2.05) is 36.5 Å². The summed E-state index contributed by atoms with van der Waals surface area (Å²) < 4.78 is 1.80. The van der Waals surface area contributed by atoms with Crippen molar-refractivity contribution in [2.45, 2.75) is 39.3 Å². The molecule has 2 aromatic rings. The van der Waals surface area contributed by atoms with Gasteiger partial charge in [0, 0.05) is 39.1 Å². The van der Waals surface area contributed by atoms with Crippen molar-refractivity contribution in [1.82, 2.24) is 24.9 Å². The Labute approximate surface area is 172 Å². The number of carbonyl (C=O) groups excluding carboxylic acids is 2. The van der Waals surface area contributed by atoms with Crippen LogP contribution in [-0.4, -0.2) is 64.1 Å². The summed E-state index contributed by atoms with van der Waals surface area (Å²) in [4.78, 5) is 29.1. The van der Waals surface area contributed by atoms with Crippen molar-refractivity contribution >= 4 is 11.8 Å². The molecule has 0 saturated carbocycles. The van der Waals surface area contributed by atoms with Crippen LogP contribution in [0.3, 0.4) is 0 Å². The Morgan fingerprint density at radius 2 is 2.17 bits per heavy atom. The van der Waals surface area contributed by atoms with Crippen molar-refractivity contribution in [3.8, 4) is 5.69 Å². The average Bonchev–Trinajstić information content (AvgIpc) is 3.23. The minimum atomic E-state index is -0.382. The minimum absolute atomic E-state index is 0.0221. The Bertz CT molecular complexity index is 818. The van der Waals surface area contributed by atoms with Crippen LogP contribution < -0.4 is 5.32 Å². The molecule has 0 bridgehead atoms. The van der Waals surface area contributed by atoms with Gasteiger partial charge in [-0.25, -0.2) is 4.68 Å². The fourth-order valence-corrected chi connectivity index (χ4v) is 3.58. The maximum atomic E-state index is 12.9. The topological polar surface area (TPSA) is 70.5 Å². The molecule has 7 heteroatoms. The van der Waals surface area contributed by atoms with E-state index in [2.05, 4.69) is 29.2 Å². The monoisotopic (exact) mass is 397 g/mol. The van der Waals surface area contributed by atoms with Gasteiger partial charge in [0.2, 0.25) is 11.8 Å². The lowest BCUT2D eigenvalue weighted by atomic mass is 10.0. The number of piperazine rings is 1. The highest BCUT2D eigenvalue weighted by atomic mass is 16.2. The number of carbonyl (C=O) groups is 2. The molecule has 2 heterocycles. The number of benzene rings is 1. The van der Waals surface area contributed by atoms with E-state index in [1.54, 1.807) is 22.8 Å². The SMILES string of the molecule is CC(C)CCN1CCNC(=O)C1CC(=O)N(C)Cc1cccc(-n2cccn2)c1. The normalized spacial score (nSPS) is 17.4. The Kier molecular flexibility index (Phi) is 7.04. The van der Waals surface area contributed by atoms with Crippen LogP contribution in [0.2, 0.25) is 0 Å². The molecule has 7 nitrogen and oxygen atoms in total. The molecule has 1 saturated heterocycles. The Hall–Kier alpha value is -2.67. The third kappa shape index (κ3) is 5.67. The highest BCUT2D eigenvalue weighted by Crippen LogP contribution is 2.15. The second kappa shape index (κ2) is 9.69. The first kappa shape index (κ1) is 21.0. The lowest BCUT2D eigenvalue weighted by molar-refractivity contribution is -0.138. The summed E-state index contributed by atoms with van der Waals surface area (Å²) in [5.74, 6) is 0.509. The molecule has 1 atom stereocenters. The van der Waals surface area contributed by atoms with Gasteiger partial charge in [-0.3, -0.25) is 14.5 Å². The molecule has 1 N–H and O–H groups in total. The molecular weight excluding hydrogens is 366 g/mol. The molecular formula is C22H31N5O2. The van der Waals surface area contributed by atoms with Crippen LogP contribution >= 0.6 is 0 Å². The van der Waals surface area contributed by atoms with Crippen molar-refractivity contribution in [2.75, 3.05) is 26.7 Å². The van der Waals surface area contributed by atoms with E-state index in [-0.39, 0.29) is 24.3 Å². The molecule has 1 aliphatic rings. The quantitative estimate of drug-likeness (QED) is 0.740. The largest absolute Gasteiger partial charge is 0.353 e. The standard InChI is InChI=1S/C22H31N5O2/c1-17(2)8-12-26-13-10-23-22(29)20(26)15-21(28)25(3)16-18-6-4-7-19(14-18)27-11-5-9-24-27/h4-7,9,11,14,17,20H,8,10,12-13,15-16H2,1-3H3,(H,23,29). The van der Waals surface area contributed by atoms with Crippen LogP contribution in [-0.2, 0) is 16.1 Å². The van der Waals surface area contributed by atoms with Crippen molar-refractivity contribution in [2.24, 2.45) is 5.92 Å². The molecule has 1 fully saturated rings. The number of amides is 2. The van der Waals surface area contributed by atoms with E-state index in [0.29, 0.717) is 19.0 Å². The number of nitrogens with zero attached hydrogens (tertiary/aromatic N) is 4. The van der Waals surface area contributed by atoms with E-state index in [0.717, 1.165) is 30.8 Å². The summed E-state index contributed by atoms with van der Waals surface area (Å²) in [6.07, 6.45) is 4.86. The Balaban J connectivity index is 1.62. The molecule has 1 aromatic carbocycles. The van der Waals surface area contributed by atoms with Gasteiger partial charge < -0.3 is 10.2 Å². The Morgan fingerprint density at radius 1 is 1.34 bits per heavy atom. The van der Waals surface area contributed by atoms with Gasteiger partial charge >= 0.3 is 0 Å². The van der Waals surface area contributed by atoms with Gasteiger partial charge in [0.15, 0.2) is 0 Å². The van der Waals surface area contributed by atoms with E-state index in [1.165, 1.54) is 0 Å². The predicted octanol–water partition coefficient (Wildman–Crippen LogP) is 2.07. The molecule has 1 aromatic heterocycles. The van der Waals surface area contributed by atoms with Gasteiger partial charge in [0.1, 0.15) is 0 Å². The number of hydrogen-bond acceptors (Lipinski definition) is 4. The number of nitrogens with one attached hydrogen (secondary N) is 1. The molecule has 0 spiro atoms. The zero-order valence-corrected chi connectivity index (χ0v) is 17.5. The fraction of sp³-hybridized carbons (Fsp3) is 0.500. The lowest BCUT2D eigenvalue weighted by Crippen LogP contribution is -2.56. The van der Waals surface area contributed by atoms with Gasteiger partial charge in [-0.2, -0.15) is 5.10 Å². The molecule has 1 aliphatic heterocycles. The summed E-state index contributed by atoms with van der Waals surface area (Å²) in [6, 6.07) is 9.47. The highest BCUT2D eigenvalue weighted by Gasteiger charge is 2.32. The first-order valence-corrected chi connectivity index (χ1v) is 10.3. The lowest BCUT2D eigenvalue weighted by Gasteiger charge is -2.35. The van der Waals surface area contributed by atoms with Crippen molar-refractivity contribution < 1.29 is 9.59 Å². The first-order valence-electron chi connectivity index (χ1n) is 10.3. The molecule has 0 aliphatic carbocycles. The number of aromatic nitrogens is 2. The first-order chi connectivity index (χ1) is 13.9. The summed E-state index contributed by atoms with van der Waals surface area (Å²) in [7, 11) is 1.79. The van der Waals surface area contributed by atoms with Crippen molar-refractivity contribution in [3.63, 3.8) is 0 Å². The molecule has 3 rings (SSSR count). The smallest absolute Gasteiger partial charge is 0.237 e. The van der Waals surface area contributed by atoms with Gasteiger partial charge in [0.05, 0.1) is 18.2 Å². The third-order valence-electron chi connectivity index (χ3n) is 5.33. The van der Waals surface area contributed by atoms with Crippen LogP contribution in [0.1, 0.15) is 32.3 Å². The predicted molar refractivity (Wildman–Crippen MR) is 112 cm³/mol. The highest BCUT2D eigenvalue weighted by molar-refractivity contribution is 5.88. The summed E-state index contributed by atoms with van der Waals surface area (Å²) in [6.45, 7) is 7.14.